The van der Waals surface area contributed by atoms with E-state index in [0.29, 0.717) is 5.95 Å². The van der Waals surface area contributed by atoms with Gasteiger partial charge in [0.15, 0.2) is 5.82 Å². The van der Waals surface area contributed by atoms with Crippen LogP contribution in [0, 0.1) is 0 Å². The van der Waals surface area contributed by atoms with Gasteiger partial charge in [0.1, 0.15) is 0 Å². The monoisotopic (exact) mass is 275 g/mol. The zero-order chi connectivity index (χ0) is 13.7. The number of aromatic nitrogens is 2. The third-order valence-corrected chi connectivity index (χ3v) is 3.38. The molecule has 6 heteroatoms. The average molecular weight is 275 g/mol. The summed E-state index contributed by atoms with van der Waals surface area (Å²) in [5.41, 5.74) is 1.84. The summed E-state index contributed by atoms with van der Waals surface area (Å²) < 4.78 is 0. The van der Waals surface area contributed by atoms with Gasteiger partial charge in [-0.2, -0.15) is 4.98 Å². The van der Waals surface area contributed by atoms with Crippen LogP contribution in [0.4, 0.5) is 23.1 Å². The van der Waals surface area contributed by atoms with Crippen LogP contribution in [-0.4, -0.2) is 30.3 Å². The molecule has 0 unspecified atom stereocenters. The maximum absolute atomic E-state index is 4.40. The Bertz CT molecular complexity index is 541. The molecule has 0 spiro atoms. The first-order chi connectivity index (χ1) is 9.26. The molecule has 0 aliphatic rings. The Balaban J connectivity index is 2.18. The number of anilines is 4. The molecule has 0 atom stereocenters. The highest BCUT2D eigenvalue weighted by molar-refractivity contribution is 7.98. The first-order valence-electron chi connectivity index (χ1n) is 5.90. The Labute approximate surface area is 117 Å². The Morgan fingerprint density at radius 2 is 1.79 bits per heavy atom. The standard InChI is InChI=1S/C13H17N5S/c1-14-11-8-16-13(18-12(11)15-2)17-9-4-6-10(19-3)7-5-9/h4-8,14H,1-3H3,(H2,15,16,17,18). The molecular weight excluding hydrogens is 258 g/mol. The van der Waals surface area contributed by atoms with Crippen molar-refractivity contribution in [2.24, 2.45) is 0 Å². The molecule has 1 heterocycles. The summed E-state index contributed by atoms with van der Waals surface area (Å²) >= 11 is 1.72. The Hall–Kier alpha value is -1.95. The van der Waals surface area contributed by atoms with Gasteiger partial charge in [-0.15, -0.1) is 11.8 Å². The van der Waals surface area contributed by atoms with Crippen molar-refractivity contribution in [3.05, 3.63) is 30.5 Å². The van der Waals surface area contributed by atoms with Gasteiger partial charge in [-0.3, -0.25) is 0 Å². The SMILES string of the molecule is CNc1cnc(Nc2ccc(SC)cc2)nc1NC. The predicted molar refractivity (Wildman–Crippen MR) is 82.6 cm³/mol. The number of nitrogens with one attached hydrogen (secondary N) is 3. The van der Waals surface area contributed by atoms with Gasteiger partial charge < -0.3 is 16.0 Å². The highest BCUT2D eigenvalue weighted by Crippen LogP contribution is 2.22. The molecule has 1 aromatic carbocycles. The largest absolute Gasteiger partial charge is 0.384 e. The molecule has 0 aliphatic heterocycles. The molecule has 0 aliphatic carbocycles. The summed E-state index contributed by atoms with van der Waals surface area (Å²) in [7, 11) is 3.67. The molecule has 0 bridgehead atoms. The molecule has 100 valence electrons. The van der Waals surface area contributed by atoms with Gasteiger partial charge in [0, 0.05) is 24.7 Å². The van der Waals surface area contributed by atoms with Gasteiger partial charge in [0.2, 0.25) is 5.95 Å². The molecule has 19 heavy (non-hydrogen) atoms. The first kappa shape index (κ1) is 13.5. The van der Waals surface area contributed by atoms with Gasteiger partial charge in [-0.1, -0.05) is 0 Å². The molecule has 3 N–H and O–H groups in total. The first-order valence-corrected chi connectivity index (χ1v) is 7.13. The molecule has 2 aromatic rings. The number of hydrogen-bond acceptors (Lipinski definition) is 6. The van der Waals surface area contributed by atoms with Gasteiger partial charge in [-0.05, 0) is 30.5 Å². The maximum Gasteiger partial charge on any atom is 0.229 e. The summed E-state index contributed by atoms with van der Waals surface area (Å²) in [5, 5.41) is 9.25. The number of thioether (sulfide) groups is 1. The van der Waals surface area contributed by atoms with E-state index in [1.165, 1.54) is 4.90 Å². The molecule has 0 radical (unpaired) electrons. The van der Waals surface area contributed by atoms with Crippen molar-refractivity contribution in [2.45, 2.75) is 4.90 Å². The van der Waals surface area contributed by atoms with E-state index in [0.717, 1.165) is 17.2 Å². The lowest BCUT2D eigenvalue weighted by Gasteiger charge is -2.10. The molecule has 2 rings (SSSR count). The molecule has 1 aromatic heterocycles. The highest BCUT2D eigenvalue weighted by Gasteiger charge is 2.04. The fourth-order valence-corrected chi connectivity index (χ4v) is 2.03. The van der Waals surface area contributed by atoms with E-state index in [2.05, 4.69) is 44.3 Å². The third-order valence-electron chi connectivity index (χ3n) is 2.64. The van der Waals surface area contributed by atoms with Crippen molar-refractivity contribution in [1.82, 2.24) is 9.97 Å². The van der Waals surface area contributed by atoms with Crippen LogP contribution in [-0.2, 0) is 0 Å². The van der Waals surface area contributed by atoms with Gasteiger partial charge in [0.25, 0.3) is 0 Å². The van der Waals surface area contributed by atoms with E-state index in [9.17, 15) is 0 Å². The maximum atomic E-state index is 4.40. The number of hydrogen-bond donors (Lipinski definition) is 3. The van der Waals surface area contributed by atoms with Crippen LogP contribution in [0.2, 0.25) is 0 Å². The number of rotatable bonds is 5. The highest BCUT2D eigenvalue weighted by atomic mass is 32.2. The van der Waals surface area contributed by atoms with Crippen molar-refractivity contribution in [1.29, 1.82) is 0 Å². The van der Waals surface area contributed by atoms with Crippen LogP contribution in [0.1, 0.15) is 0 Å². The summed E-state index contributed by atoms with van der Waals surface area (Å²) in [6.45, 7) is 0. The summed E-state index contributed by atoms with van der Waals surface area (Å²) in [6.07, 6.45) is 3.80. The molecule has 0 saturated heterocycles. The van der Waals surface area contributed by atoms with Gasteiger partial charge in [0.05, 0.1) is 11.9 Å². The quantitative estimate of drug-likeness (QED) is 0.729. The number of nitrogens with zero attached hydrogens (tertiary/aromatic N) is 2. The fourth-order valence-electron chi connectivity index (χ4n) is 1.62. The minimum atomic E-state index is 0.570. The second-order valence-corrected chi connectivity index (χ2v) is 4.69. The molecule has 0 amide bonds. The molecule has 0 fully saturated rings. The van der Waals surface area contributed by atoms with E-state index in [-0.39, 0.29) is 0 Å². The van der Waals surface area contributed by atoms with E-state index < -0.39 is 0 Å². The molecule has 5 nitrogen and oxygen atoms in total. The summed E-state index contributed by atoms with van der Waals surface area (Å²) in [5.74, 6) is 1.33. The van der Waals surface area contributed by atoms with E-state index in [1.807, 2.05) is 26.2 Å². The van der Waals surface area contributed by atoms with Crippen molar-refractivity contribution in [3.8, 4) is 0 Å². The molecule has 0 saturated carbocycles. The van der Waals surface area contributed by atoms with Gasteiger partial charge in [-0.25, -0.2) is 4.98 Å². The lowest BCUT2D eigenvalue weighted by molar-refractivity contribution is 1.15. The van der Waals surface area contributed by atoms with Crippen molar-refractivity contribution in [3.63, 3.8) is 0 Å². The lowest BCUT2D eigenvalue weighted by Crippen LogP contribution is -2.04. The summed E-state index contributed by atoms with van der Waals surface area (Å²) in [4.78, 5) is 9.89. The Morgan fingerprint density at radius 3 is 2.37 bits per heavy atom. The predicted octanol–water partition coefficient (Wildman–Crippen LogP) is 3.03. The second kappa shape index (κ2) is 6.29. The topological polar surface area (TPSA) is 61.9 Å². The zero-order valence-corrected chi connectivity index (χ0v) is 12.0. The average Bonchev–Trinajstić information content (AvgIpc) is 2.48. The van der Waals surface area contributed by atoms with E-state index in [4.69, 9.17) is 0 Å². The van der Waals surface area contributed by atoms with Crippen LogP contribution in [0.25, 0.3) is 0 Å². The van der Waals surface area contributed by atoms with Crippen LogP contribution in [0.3, 0.4) is 0 Å². The van der Waals surface area contributed by atoms with Crippen molar-refractivity contribution >= 4 is 34.9 Å². The second-order valence-electron chi connectivity index (χ2n) is 3.81. The van der Waals surface area contributed by atoms with E-state index >= 15 is 0 Å². The van der Waals surface area contributed by atoms with Crippen LogP contribution < -0.4 is 16.0 Å². The van der Waals surface area contributed by atoms with Crippen molar-refractivity contribution < 1.29 is 0 Å². The molecular formula is C13H17N5S. The minimum absolute atomic E-state index is 0.570. The fraction of sp³-hybridized carbons (Fsp3) is 0.231. The number of benzene rings is 1. The summed E-state index contributed by atoms with van der Waals surface area (Å²) in [6, 6.07) is 8.16. The lowest BCUT2D eigenvalue weighted by atomic mass is 10.3. The van der Waals surface area contributed by atoms with Crippen LogP contribution >= 0.6 is 11.8 Å². The Morgan fingerprint density at radius 1 is 1.05 bits per heavy atom. The van der Waals surface area contributed by atoms with E-state index in [1.54, 1.807) is 18.0 Å². The normalized spacial score (nSPS) is 10.1. The van der Waals surface area contributed by atoms with Crippen molar-refractivity contribution in [2.75, 3.05) is 36.3 Å². The smallest absolute Gasteiger partial charge is 0.229 e. The zero-order valence-electron chi connectivity index (χ0n) is 11.2. The van der Waals surface area contributed by atoms with Gasteiger partial charge >= 0.3 is 0 Å². The van der Waals surface area contributed by atoms with Crippen LogP contribution in [0.5, 0.6) is 0 Å². The third kappa shape index (κ3) is 3.29. The minimum Gasteiger partial charge on any atom is -0.384 e. The Kier molecular flexibility index (Phi) is 4.46. The van der Waals surface area contributed by atoms with Crippen LogP contribution in [0.15, 0.2) is 35.4 Å².